The lowest BCUT2D eigenvalue weighted by atomic mass is 10.1. The zero-order chi connectivity index (χ0) is 19.1. The summed E-state index contributed by atoms with van der Waals surface area (Å²) in [7, 11) is 0. The van der Waals surface area contributed by atoms with Crippen LogP contribution in [0.1, 0.15) is 53.5 Å². The van der Waals surface area contributed by atoms with E-state index in [2.05, 4.69) is 29.2 Å². The van der Waals surface area contributed by atoms with E-state index in [1.54, 1.807) is 15.4 Å². The number of fused-ring (bicyclic) bond motifs is 2. The molecule has 0 bridgehead atoms. The Labute approximate surface area is 157 Å². The van der Waals surface area contributed by atoms with E-state index < -0.39 is 0 Å². The van der Waals surface area contributed by atoms with Crippen LogP contribution < -0.4 is 10.9 Å². The molecule has 0 saturated carbocycles. The number of nitrogens with one attached hydrogen (secondary N) is 1. The number of carbonyl (C=O) groups excluding carboxylic acids is 1. The van der Waals surface area contributed by atoms with Gasteiger partial charge in [-0.25, -0.2) is 9.67 Å². The topological polar surface area (TPSA) is 81.8 Å². The molecule has 8 heteroatoms. The fourth-order valence-electron chi connectivity index (χ4n) is 3.06. The van der Waals surface area contributed by atoms with Crippen LogP contribution in [-0.4, -0.2) is 37.5 Å². The predicted molar refractivity (Wildman–Crippen MR) is 104 cm³/mol. The number of amides is 1. The summed E-state index contributed by atoms with van der Waals surface area (Å²) in [6, 6.07) is -0.156. The molecule has 1 aliphatic heterocycles. The summed E-state index contributed by atoms with van der Waals surface area (Å²) >= 11 is 1.53. The van der Waals surface area contributed by atoms with E-state index >= 15 is 0 Å². The molecule has 1 atom stereocenters. The first-order chi connectivity index (χ1) is 12.2. The highest BCUT2D eigenvalue weighted by Gasteiger charge is 2.30. The van der Waals surface area contributed by atoms with Gasteiger partial charge in [-0.2, -0.15) is 5.10 Å². The number of nitrogens with zero attached hydrogens (tertiary/aromatic N) is 4. The molecule has 2 aromatic heterocycles. The molecule has 0 saturated heterocycles. The van der Waals surface area contributed by atoms with Crippen molar-refractivity contribution in [1.29, 1.82) is 0 Å². The van der Waals surface area contributed by atoms with Crippen LogP contribution in [0, 0.1) is 5.92 Å². The van der Waals surface area contributed by atoms with Crippen molar-refractivity contribution in [3.8, 4) is 0 Å². The summed E-state index contributed by atoms with van der Waals surface area (Å²) < 4.78 is 3.46. The monoisotopic (exact) mass is 377 g/mol. The minimum atomic E-state index is -0.251. The van der Waals surface area contributed by atoms with Crippen LogP contribution >= 0.6 is 11.8 Å². The third kappa shape index (κ3) is 3.65. The molecule has 1 N–H and O–H groups in total. The van der Waals surface area contributed by atoms with E-state index in [9.17, 15) is 9.59 Å². The summed E-state index contributed by atoms with van der Waals surface area (Å²) in [5.41, 5.74) is 0.257. The van der Waals surface area contributed by atoms with Crippen LogP contribution in [0.5, 0.6) is 0 Å². The second-order valence-electron chi connectivity index (χ2n) is 8.24. The van der Waals surface area contributed by atoms with Gasteiger partial charge < -0.3 is 5.32 Å². The van der Waals surface area contributed by atoms with Gasteiger partial charge in [-0.3, -0.25) is 14.2 Å². The Morgan fingerprint density at radius 1 is 1.42 bits per heavy atom. The molecule has 1 aliphatic rings. The first-order valence-electron chi connectivity index (χ1n) is 9.08. The van der Waals surface area contributed by atoms with Gasteiger partial charge in [0, 0.05) is 18.7 Å². The van der Waals surface area contributed by atoms with Crippen molar-refractivity contribution in [2.24, 2.45) is 5.92 Å². The van der Waals surface area contributed by atoms with Gasteiger partial charge in [-0.05, 0) is 33.1 Å². The van der Waals surface area contributed by atoms with Gasteiger partial charge in [-0.15, -0.1) is 0 Å². The van der Waals surface area contributed by atoms with Crippen LogP contribution in [-0.2, 0) is 10.3 Å². The number of hydrogen-bond donors (Lipinski definition) is 1. The predicted octanol–water partition coefficient (Wildman–Crippen LogP) is 2.55. The van der Waals surface area contributed by atoms with Gasteiger partial charge in [0.1, 0.15) is 5.39 Å². The van der Waals surface area contributed by atoms with Crippen LogP contribution in [0.3, 0.4) is 0 Å². The fraction of sp³-hybridized carbons (Fsp3) is 0.667. The Morgan fingerprint density at radius 3 is 2.81 bits per heavy atom. The lowest BCUT2D eigenvalue weighted by Gasteiger charge is -2.20. The highest BCUT2D eigenvalue weighted by molar-refractivity contribution is 7.99. The first-order valence-corrected chi connectivity index (χ1v) is 10.1. The maximum atomic E-state index is 13.0. The van der Waals surface area contributed by atoms with Gasteiger partial charge >= 0.3 is 0 Å². The van der Waals surface area contributed by atoms with E-state index in [0.717, 1.165) is 6.42 Å². The van der Waals surface area contributed by atoms with Crippen LogP contribution in [0.25, 0.3) is 11.0 Å². The second-order valence-corrected chi connectivity index (χ2v) is 9.22. The lowest BCUT2D eigenvalue weighted by Crippen LogP contribution is -2.31. The lowest BCUT2D eigenvalue weighted by molar-refractivity contribution is -0.121. The van der Waals surface area contributed by atoms with Gasteiger partial charge in [0.15, 0.2) is 10.8 Å². The molecule has 3 rings (SSSR count). The quantitative estimate of drug-likeness (QED) is 0.810. The molecule has 142 valence electrons. The zero-order valence-corrected chi connectivity index (χ0v) is 16.9. The molecule has 7 nitrogen and oxygen atoms in total. The molecular formula is C18H27N5O2S. The van der Waals surface area contributed by atoms with E-state index in [-0.39, 0.29) is 23.0 Å². The minimum Gasteiger partial charge on any atom is -0.356 e. The van der Waals surface area contributed by atoms with Gasteiger partial charge in [0.05, 0.1) is 17.8 Å². The first kappa shape index (κ1) is 18.9. The van der Waals surface area contributed by atoms with Gasteiger partial charge in [-0.1, -0.05) is 25.6 Å². The van der Waals surface area contributed by atoms with Crippen molar-refractivity contribution in [3.63, 3.8) is 0 Å². The molecule has 0 spiro atoms. The molecule has 2 aromatic rings. The second kappa shape index (κ2) is 7.06. The highest BCUT2D eigenvalue weighted by Crippen LogP contribution is 2.33. The summed E-state index contributed by atoms with van der Waals surface area (Å²) in [5, 5.41) is 8.50. The summed E-state index contributed by atoms with van der Waals surface area (Å²) in [5.74, 6) is 1.23. The number of aromatic nitrogens is 4. The van der Waals surface area contributed by atoms with Gasteiger partial charge in [0.25, 0.3) is 5.56 Å². The SMILES string of the molecule is CC(C)CCNC(=O)CC1CSc2nc3c(cnn3C(C)(C)C)c(=O)n21. The smallest absolute Gasteiger partial charge is 0.265 e. The van der Waals surface area contributed by atoms with E-state index in [1.807, 2.05) is 20.8 Å². The van der Waals surface area contributed by atoms with E-state index in [4.69, 9.17) is 0 Å². The molecule has 0 aliphatic carbocycles. The number of thioether (sulfide) groups is 1. The molecule has 26 heavy (non-hydrogen) atoms. The van der Waals surface area contributed by atoms with Crippen LogP contribution in [0.4, 0.5) is 0 Å². The normalized spacial score (nSPS) is 17.1. The Balaban J connectivity index is 1.85. The van der Waals surface area contributed by atoms with Crippen molar-refractivity contribution < 1.29 is 4.79 Å². The molecule has 0 aromatic carbocycles. The number of rotatable bonds is 5. The number of hydrogen-bond acceptors (Lipinski definition) is 5. The summed E-state index contributed by atoms with van der Waals surface area (Å²) in [6.07, 6.45) is 2.85. The average molecular weight is 378 g/mol. The molecular weight excluding hydrogens is 350 g/mol. The molecule has 1 amide bonds. The largest absolute Gasteiger partial charge is 0.356 e. The van der Waals surface area contributed by atoms with Crippen molar-refractivity contribution in [2.75, 3.05) is 12.3 Å². The minimum absolute atomic E-state index is 0.0125. The number of carbonyl (C=O) groups is 1. The van der Waals surface area contributed by atoms with Crippen molar-refractivity contribution in [2.45, 2.75) is 64.2 Å². The molecule has 1 unspecified atom stereocenters. The van der Waals surface area contributed by atoms with Crippen LogP contribution in [0.2, 0.25) is 0 Å². The van der Waals surface area contributed by atoms with Crippen LogP contribution in [0.15, 0.2) is 16.1 Å². The Kier molecular flexibility index (Phi) is 5.14. The Hall–Kier alpha value is -1.83. The van der Waals surface area contributed by atoms with Crippen molar-refractivity contribution >= 4 is 28.7 Å². The Morgan fingerprint density at radius 2 is 2.15 bits per heavy atom. The maximum Gasteiger partial charge on any atom is 0.265 e. The zero-order valence-electron chi connectivity index (χ0n) is 16.1. The Bertz CT molecular complexity index is 878. The third-order valence-corrected chi connectivity index (χ3v) is 5.57. The van der Waals surface area contributed by atoms with Gasteiger partial charge in [0.2, 0.25) is 5.91 Å². The van der Waals surface area contributed by atoms with Crippen molar-refractivity contribution in [1.82, 2.24) is 24.6 Å². The molecule has 0 radical (unpaired) electrons. The maximum absolute atomic E-state index is 13.0. The summed E-state index contributed by atoms with van der Waals surface area (Å²) in [4.78, 5) is 29.9. The fourth-order valence-corrected chi connectivity index (χ4v) is 4.19. The highest BCUT2D eigenvalue weighted by atomic mass is 32.2. The summed E-state index contributed by atoms with van der Waals surface area (Å²) in [6.45, 7) is 11.0. The van der Waals surface area contributed by atoms with Crippen molar-refractivity contribution in [3.05, 3.63) is 16.6 Å². The molecule has 0 fully saturated rings. The van der Waals surface area contributed by atoms with E-state index in [0.29, 0.717) is 40.8 Å². The third-order valence-electron chi connectivity index (χ3n) is 4.47. The average Bonchev–Trinajstić information content (AvgIpc) is 3.11. The standard InChI is InChI=1S/C18H27N5O2S/c1-11(2)6-7-19-14(24)8-12-10-26-17-21-15-13(16(25)22(12)17)9-20-23(15)18(3,4)5/h9,11-12H,6-8,10H2,1-5H3,(H,19,24). The molecule has 3 heterocycles. The van der Waals surface area contributed by atoms with E-state index in [1.165, 1.54) is 11.8 Å².